The first-order chi connectivity index (χ1) is 9.72. The zero-order chi connectivity index (χ0) is 13.9. The Morgan fingerprint density at radius 3 is 2.75 bits per heavy atom. The molecule has 0 unspecified atom stereocenters. The van der Waals surface area contributed by atoms with Crippen molar-refractivity contribution in [1.82, 2.24) is 9.88 Å². The van der Waals surface area contributed by atoms with Crippen LogP contribution in [-0.4, -0.2) is 22.0 Å². The van der Waals surface area contributed by atoms with Gasteiger partial charge in [0, 0.05) is 17.1 Å². The van der Waals surface area contributed by atoms with E-state index in [9.17, 15) is 4.79 Å². The van der Waals surface area contributed by atoms with Crippen molar-refractivity contribution in [3.63, 3.8) is 0 Å². The number of nitrogens with zero attached hydrogens (tertiary/aromatic N) is 2. The van der Waals surface area contributed by atoms with E-state index in [1.165, 1.54) is 0 Å². The molecule has 0 aliphatic heterocycles. The molecule has 20 heavy (non-hydrogen) atoms. The van der Waals surface area contributed by atoms with Crippen LogP contribution in [0.3, 0.4) is 0 Å². The average molecular weight is 287 g/mol. The maximum Gasteiger partial charge on any atom is 0.322 e. The summed E-state index contributed by atoms with van der Waals surface area (Å²) < 4.78 is 0. The molecule has 4 nitrogen and oxygen atoms in total. The lowest BCUT2D eigenvalue weighted by Gasteiger charge is -2.22. The Kier molecular flexibility index (Phi) is 3.69. The topological polar surface area (TPSA) is 45.2 Å². The quantitative estimate of drug-likeness (QED) is 0.933. The van der Waals surface area contributed by atoms with Crippen molar-refractivity contribution in [1.29, 1.82) is 0 Å². The van der Waals surface area contributed by atoms with Crippen LogP contribution in [-0.2, 0) is 6.54 Å². The first kappa shape index (κ1) is 13.1. The highest BCUT2D eigenvalue weighted by molar-refractivity contribution is 7.09. The number of aromatic nitrogens is 1. The van der Waals surface area contributed by atoms with Gasteiger partial charge in [0.2, 0.25) is 0 Å². The van der Waals surface area contributed by atoms with Gasteiger partial charge in [-0.25, -0.2) is 9.78 Å². The lowest BCUT2D eigenvalue weighted by atomic mass is 10.3. The molecule has 5 heteroatoms. The molecule has 0 bridgehead atoms. The van der Waals surface area contributed by atoms with Crippen molar-refractivity contribution in [2.75, 3.05) is 5.32 Å². The molecular weight excluding hydrogens is 270 g/mol. The maximum atomic E-state index is 12.4. The molecule has 1 aromatic carbocycles. The molecular formula is C15H17N3OS. The third kappa shape index (κ3) is 3.17. The molecule has 1 aliphatic rings. The molecule has 1 saturated carbocycles. The SMILES string of the molecule is Cc1nc(CN(C(=O)Nc2ccccc2)C2CC2)cs1. The number of hydrogen-bond acceptors (Lipinski definition) is 3. The van der Waals surface area contributed by atoms with Gasteiger partial charge in [0.05, 0.1) is 17.2 Å². The van der Waals surface area contributed by atoms with Gasteiger partial charge < -0.3 is 10.2 Å². The molecule has 1 aliphatic carbocycles. The van der Waals surface area contributed by atoms with Crippen molar-refractivity contribution in [2.45, 2.75) is 32.4 Å². The van der Waals surface area contributed by atoms with Crippen LogP contribution in [0.2, 0.25) is 0 Å². The number of hydrogen-bond donors (Lipinski definition) is 1. The second-order valence-corrected chi connectivity index (χ2v) is 6.08. The van der Waals surface area contributed by atoms with Gasteiger partial charge in [0.1, 0.15) is 0 Å². The zero-order valence-electron chi connectivity index (χ0n) is 11.4. The van der Waals surface area contributed by atoms with Gasteiger partial charge in [0.25, 0.3) is 0 Å². The number of benzene rings is 1. The minimum Gasteiger partial charge on any atom is -0.316 e. The van der Waals surface area contributed by atoms with Crippen LogP contribution < -0.4 is 5.32 Å². The van der Waals surface area contributed by atoms with E-state index >= 15 is 0 Å². The molecule has 2 aromatic rings. The van der Waals surface area contributed by atoms with Gasteiger partial charge in [0.15, 0.2) is 0 Å². The molecule has 1 N–H and O–H groups in total. The number of aryl methyl sites for hydroxylation is 1. The highest BCUT2D eigenvalue weighted by atomic mass is 32.1. The summed E-state index contributed by atoms with van der Waals surface area (Å²) in [5, 5.41) is 6.02. The lowest BCUT2D eigenvalue weighted by Crippen LogP contribution is -2.36. The Morgan fingerprint density at radius 2 is 2.15 bits per heavy atom. The number of carbonyl (C=O) groups excluding carboxylic acids is 1. The molecule has 0 spiro atoms. The van der Waals surface area contributed by atoms with E-state index in [-0.39, 0.29) is 6.03 Å². The minimum atomic E-state index is -0.0376. The van der Waals surface area contributed by atoms with E-state index < -0.39 is 0 Å². The average Bonchev–Trinajstić information content (AvgIpc) is 3.20. The van der Waals surface area contributed by atoms with Crippen LogP contribution in [0.4, 0.5) is 10.5 Å². The van der Waals surface area contributed by atoms with Gasteiger partial charge in [-0.1, -0.05) is 18.2 Å². The maximum absolute atomic E-state index is 12.4. The van der Waals surface area contributed by atoms with Crippen LogP contribution in [0.5, 0.6) is 0 Å². The fourth-order valence-corrected chi connectivity index (χ4v) is 2.73. The molecule has 1 heterocycles. The predicted molar refractivity (Wildman–Crippen MR) is 80.9 cm³/mol. The Morgan fingerprint density at radius 1 is 1.40 bits per heavy atom. The Bertz CT molecular complexity index is 592. The van der Waals surface area contributed by atoms with Crippen LogP contribution in [0.15, 0.2) is 35.7 Å². The third-order valence-electron chi connectivity index (χ3n) is 3.27. The molecule has 0 radical (unpaired) electrons. The van der Waals surface area contributed by atoms with Gasteiger partial charge >= 0.3 is 6.03 Å². The Balaban J connectivity index is 1.69. The van der Waals surface area contributed by atoms with Crippen molar-refractivity contribution in [2.24, 2.45) is 0 Å². The number of anilines is 1. The van der Waals surface area contributed by atoms with Crippen LogP contribution in [0.25, 0.3) is 0 Å². The van der Waals surface area contributed by atoms with Gasteiger partial charge in [-0.05, 0) is 31.9 Å². The van der Waals surface area contributed by atoms with Crippen molar-refractivity contribution in [3.05, 3.63) is 46.4 Å². The van der Waals surface area contributed by atoms with Crippen molar-refractivity contribution >= 4 is 23.1 Å². The highest BCUT2D eigenvalue weighted by Gasteiger charge is 2.33. The van der Waals surface area contributed by atoms with E-state index in [1.807, 2.05) is 47.5 Å². The second-order valence-electron chi connectivity index (χ2n) is 5.01. The number of amides is 2. The minimum absolute atomic E-state index is 0.0376. The molecule has 0 atom stereocenters. The first-order valence-electron chi connectivity index (χ1n) is 6.76. The smallest absolute Gasteiger partial charge is 0.316 e. The number of carbonyl (C=O) groups is 1. The first-order valence-corrected chi connectivity index (χ1v) is 7.64. The van der Waals surface area contributed by atoms with Gasteiger partial charge in [-0.15, -0.1) is 11.3 Å². The summed E-state index contributed by atoms with van der Waals surface area (Å²) in [6.07, 6.45) is 2.18. The van der Waals surface area contributed by atoms with E-state index in [0.717, 1.165) is 29.2 Å². The van der Waals surface area contributed by atoms with Crippen molar-refractivity contribution in [3.8, 4) is 0 Å². The van der Waals surface area contributed by atoms with Gasteiger partial charge in [-0.3, -0.25) is 0 Å². The second kappa shape index (κ2) is 5.63. The molecule has 0 saturated heterocycles. The Labute approximate surface area is 122 Å². The summed E-state index contributed by atoms with van der Waals surface area (Å²) in [6.45, 7) is 2.58. The number of urea groups is 1. The standard InChI is InChI=1S/C15H17N3OS/c1-11-16-13(10-20-11)9-18(14-7-8-14)15(19)17-12-5-3-2-4-6-12/h2-6,10,14H,7-9H2,1H3,(H,17,19). The highest BCUT2D eigenvalue weighted by Crippen LogP contribution is 2.29. The Hall–Kier alpha value is -1.88. The molecule has 3 rings (SSSR count). The van der Waals surface area contributed by atoms with Gasteiger partial charge in [-0.2, -0.15) is 0 Å². The molecule has 1 fully saturated rings. The molecule has 1 aromatic heterocycles. The zero-order valence-corrected chi connectivity index (χ0v) is 12.2. The van der Waals surface area contributed by atoms with Crippen LogP contribution in [0.1, 0.15) is 23.5 Å². The van der Waals surface area contributed by atoms with Crippen LogP contribution in [0, 0.1) is 6.92 Å². The summed E-state index contributed by atoms with van der Waals surface area (Å²) in [4.78, 5) is 18.7. The number of nitrogens with one attached hydrogen (secondary N) is 1. The lowest BCUT2D eigenvalue weighted by molar-refractivity contribution is 0.205. The largest absolute Gasteiger partial charge is 0.322 e. The summed E-state index contributed by atoms with van der Waals surface area (Å²) in [5.74, 6) is 0. The van der Waals surface area contributed by atoms with E-state index in [4.69, 9.17) is 0 Å². The summed E-state index contributed by atoms with van der Waals surface area (Å²) in [5.41, 5.74) is 1.81. The fraction of sp³-hybridized carbons (Fsp3) is 0.333. The fourth-order valence-electron chi connectivity index (χ4n) is 2.13. The summed E-state index contributed by atoms with van der Waals surface area (Å²) in [7, 11) is 0. The van der Waals surface area contributed by atoms with Crippen molar-refractivity contribution < 1.29 is 4.79 Å². The monoisotopic (exact) mass is 287 g/mol. The predicted octanol–water partition coefficient (Wildman–Crippen LogP) is 3.65. The number of rotatable bonds is 4. The third-order valence-corrected chi connectivity index (χ3v) is 4.09. The molecule has 104 valence electrons. The molecule has 2 amide bonds. The summed E-state index contributed by atoms with van der Waals surface area (Å²) in [6, 6.07) is 9.89. The van der Waals surface area contributed by atoms with E-state index in [1.54, 1.807) is 11.3 Å². The normalized spacial score (nSPS) is 14.1. The number of para-hydroxylation sites is 1. The van der Waals surface area contributed by atoms with E-state index in [0.29, 0.717) is 12.6 Å². The van der Waals surface area contributed by atoms with Crippen LogP contribution >= 0.6 is 11.3 Å². The summed E-state index contributed by atoms with van der Waals surface area (Å²) >= 11 is 1.62. The van der Waals surface area contributed by atoms with E-state index in [2.05, 4.69) is 10.3 Å². The number of thiazole rings is 1.